The number of anilines is 1. The fraction of sp³-hybridized carbons (Fsp3) is 0.250. The van der Waals surface area contributed by atoms with Crippen LogP contribution in [-0.2, 0) is 13.0 Å². The van der Waals surface area contributed by atoms with Crippen molar-refractivity contribution in [2.24, 2.45) is 0 Å². The first kappa shape index (κ1) is 16.4. The Morgan fingerprint density at radius 3 is 2.92 bits per heavy atom. The van der Waals surface area contributed by atoms with Crippen LogP contribution in [-0.4, -0.2) is 29.6 Å². The zero-order valence-electron chi connectivity index (χ0n) is 14.5. The molecule has 1 aromatic heterocycles. The summed E-state index contributed by atoms with van der Waals surface area (Å²) in [6.07, 6.45) is 1.73. The number of carbonyl (C=O) groups is 1. The Morgan fingerprint density at radius 2 is 2.12 bits per heavy atom. The van der Waals surface area contributed by atoms with Crippen LogP contribution in [0.15, 0.2) is 42.5 Å². The SMILES string of the molecule is COc1ccc2[nH]c3c(c2c1)CCCN(C(=O)Nc1ccccc1F)C3. The van der Waals surface area contributed by atoms with E-state index in [2.05, 4.69) is 10.3 Å². The molecule has 0 bridgehead atoms. The van der Waals surface area contributed by atoms with E-state index in [4.69, 9.17) is 4.74 Å². The molecule has 0 saturated heterocycles. The highest BCUT2D eigenvalue weighted by atomic mass is 19.1. The minimum Gasteiger partial charge on any atom is -0.497 e. The summed E-state index contributed by atoms with van der Waals surface area (Å²) < 4.78 is 19.1. The highest BCUT2D eigenvalue weighted by Gasteiger charge is 2.22. The first-order chi connectivity index (χ1) is 12.7. The van der Waals surface area contributed by atoms with Gasteiger partial charge in [0, 0.05) is 23.1 Å². The molecule has 1 aliphatic heterocycles. The van der Waals surface area contributed by atoms with Gasteiger partial charge in [0.2, 0.25) is 0 Å². The standard InChI is InChI=1S/C20H20FN3O2/c1-26-13-8-9-17-15(11-13)14-5-4-10-24(12-19(14)22-17)20(25)23-18-7-3-2-6-16(18)21/h2-3,6-9,11,22H,4-5,10,12H2,1H3,(H,23,25). The lowest BCUT2D eigenvalue weighted by atomic mass is 10.1. The first-order valence-corrected chi connectivity index (χ1v) is 8.63. The number of amides is 2. The first-order valence-electron chi connectivity index (χ1n) is 8.63. The monoisotopic (exact) mass is 353 g/mol. The Kier molecular flexibility index (Phi) is 4.24. The van der Waals surface area contributed by atoms with Crippen LogP contribution in [0, 0.1) is 5.82 Å². The Morgan fingerprint density at radius 1 is 1.27 bits per heavy atom. The number of aryl methyl sites for hydroxylation is 1. The molecule has 0 spiro atoms. The van der Waals surface area contributed by atoms with E-state index >= 15 is 0 Å². The second-order valence-electron chi connectivity index (χ2n) is 6.43. The van der Waals surface area contributed by atoms with Crippen molar-refractivity contribution in [1.29, 1.82) is 0 Å². The summed E-state index contributed by atoms with van der Waals surface area (Å²) in [6.45, 7) is 1.08. The lowest BCUT2D eigenvalue weighted by Gasteiger charge is -2.21. The average Bonchev–Trinajstić information content (AvgIpc) is 2.84. The molecule has 2 heterocycles. The number of fused-ring (bicyclic) bond motifs is 3. The number of H-pyrrole nitrogens is 1. The van der Waals surface area contributed by atoms with Crippen LogP contribution < -0.4 is 10.1 Å². The zero-order chi connectivity index (χ0) is 18.1. The molecular weight excluding hydrogens is 333 g/mol. The summed E-state index contributed by atoms with van der Waals surface area (Å²) >= 11 is 0. The van der Waals surface area contributed by atoms with E-state index < -0.39 is 5.82 Å². The van der Waals surface area contributed by atoms with E-state index in [1.54, 1.807) is 30.2 Å². The third-order valence-electron chi connectivity index (χ3n) is 4.81. The van der Waals surface area contributed by atoms with Crippen LogP contribution in [0.4, 0.5) is 14.9 Å². The molecule has 0 atom stereocenters. The molecule has 2 N–H and O–H groups in total. The van der Waals surface area contributed by atoms with Gasteiger partial charge >= 0.3 is 6.03 Å². The predicted molar refractivity (Wildman–Crippen MR) is 99.0 cm³/mol. The number of urea groups is 1. The van der Waals surface area contributed by atoms with Crippen molar-refractivity contribution in [3.63, 3.8) is 0 Å². The summed E-state index contributed by atoms with van der Waals surface area (Å²) in [4.78, 5) is 17.7. The molecule has 134 valence electrons. The molecule has 26 heavy (non-hydrogen) atoms. The molecule has 4 rings (SSSR count). The smallest absolute Gasteiger partial charge is 0.322 e. The maximum atomic E-state index is 13.8. The number of aromatic nitrogens is 1. The second kappa shape index (κ2) is 6.71. The Balaban J connectivity index is 1.60. The average molecular weight is 353 g/mol. The predicted octanol–water partition coefficient (Wildman–Crippen LogP) is 4.30. The van der Waals surface area contributed by atoms with Gasteiger partial charge in [-0.05, 0) is 48.7 Å². The van der Waals surface area contributed by atoms with Crippen molar-refractivity contribution in [3.05, 3.63) is 59.5 Å². The van der Waals surface area contributed by atoms with Crippen molar-refractivity contribution in [3.8, 4) is 5.75 Å². The summed E-state index contributed by atoms with van der Waals surface area (Å²) in [5.41, 5.74) is 3.48. The third-order valence-corrected chi connectivity index (χ3v) is 4.81. The number of hydrogen-bond acceptors (Lipinski definition) is 2. The van der Waals surface area contributed by atoms with Crippen LogP contribution in [0.3, 0.4) is 0 Å². The Bertz CT molecular complexity index is 967. The van der Waals surface area contributed by atoms with Crippen molar-refractivity contribution in [2.45, 2.75) is 19.4 Å². The highest BCUT2D eigenvalue weighted by molar-refractivity contribution is 5.90. The number of methoxy groups -OCH3 is 1. The largest absolute Gasteiger partial charge is 0.497 e. The van der Waals surface area contributed by atoms with Crippen molar-refractivity contribution in [2.75, 3.05) is 19.0 Å². The number of hydrogen-bond donors (Lipinski definition) is 2. The summed E-state index contributed by atoms with van der Waals surface area (Å²) in [6, 6.07) is 11.8. The topological polar surface area (TPSA) is 57.4 Å². The van der Waals surface area contributed by atoms with Crippen LogP contribution in [0.25, 0.3) is 10.9 Å². The van der Waals surface area contributed by atoms with Gasteiger partial charge in [-0.15, -0.1) is 0 Å². The molecule has 2 amide bonds. The number of halogens is 1. The Labute approximate surface area is 150 Å². The number of ether oxygens (including phenoxy) is 1. The van der Waals surface area contributed by atoms with Crippen molar-refractivity contribution in [1.82, 2.24) is 9.88 Å². The van der Waals surface area contributed by atoms with E-state index in [1.807, 2.05) is 18.2 Å². The van der Waals surface area contributed by atoms with Crippen molar-refractivity contribution >= 4 is 22.6 Å². The quantitative estimate of drug-likeness (QED) is 0.722. The lowest BCUT2D eigenvalue weighted by molar-refractivity contribution is 0.209. The van der Waals surface area contributed by atoms with E-state index in [-0.39, 0.29) is 11.7 Å². The van der Waals surface area contributed by atoms with Gasteiger partial charge in [-0.1, -0.05) is 12.1 Å². The van der Waals surface area contributed by atoms with Gasteiger partial charge in [-0.3, -0.25) is 0 Å². The van der Waals surface area contributed by atoms with Gasteiger partial charge in [0.15, 0.2) is 0 Å². The lowest BCUT2D eigenvalue weighted by Crippen LogP contribution is -2.35. The van der Waals surface area contributed by atoms with Gasteiger partial charge in [0.25, 0.3) is 0 Å². The number of aromatic amines is 1. The number of rotatable bonds is 2. The molecule has 6 heteroatoms. The normalized spacial score (nSPS) is 14.0. The number of nitrogens with one attached hydrogen (secondary N) is 2. The van der Waals surface area contributed by atoms with Crippen LogP contribution in [0.1, 0.15) is 17.7 Å². The molecule has 1 aliphatic rings. The third kappa shape index (κ3) is 2.98. The molecule has 0 aliphatic carbocycles. The molecular formula is C20H20FN3O2. The summed E-state index contributed by atoms with van der Waals surface area (Å²) in [5.74, 6) is 0.381. The van der Waals surface area contributed by atoms with E-state index in [1.165, 1.54) is 11.6 Å². The zero-order valence-corrected chi connectivity index (χ0v) is 14.5. The number of benzene rings is 2. The minimum absolute atomic E-state index is 0.198. The van der Waals surface area contributed by atoms with Gasteiger partial charge in [-0.2, -0.15) is 0 Å². The molecule has 0 fully saturated rings. The maximum absolute atomic E-state index is 13.8. The maximum Gasteiger partial charge on any atom is 0.322 e. The van der Waals surface area contributed by atoms with E-state index in [9.17, 15) is 9.18 Å². The van der Waals surface area contributed by atoms with Gasteiger partial charge in [0.1, 0.15) is 11.6 Å². The van der Waals surface area contributed by atoms with Gasteiger partial charge in [-0.25, -0.2) is 9.18 Å². The fourth-order valence-corrected chi connectivity index (χ4v) is 3.48. The van der Waals surface area contributed by atoms with Crippen LogP contribution >= 0.6 is 0 Å². The molecule has 0 saturated carbocycles. The fourth-order valence-electron chi connectivity index (χ4n) is 3.48. The molecule has 3 aromatic rings. The number of para-hydroxylation sites is 1. The van der Waals surface area contributed by atoms with Crippen LogP contribution in [0.5, 0.6) is 5.75 Å². The second-order valence-corrected chi connectivity index (χ2v) is 6.43. The molecule has 0 radical (unpaired) electrons. The van der Waals surface area contributed by atoms with E-state index in [0.717, 1.165) is 35.2 Å². The number of carbonyl (C=O) groups excluding carboxylic acids is 1. The number of nitrogens with zero attached hydrogens (tertiary/aromatic N) is 1. The summed E-state index contributed by atoms with van der Waals surface area (Å²) in [7, 11) is 1.65. The van der Waals surface area contributed by atoms with Gasteiger partial charge in [0.05, 0.1) is 19.3 Å². The van der Waals surface area contributed by atoms with Crippen molar-refractivity contribution < 1.29 is 13.9 Å². The molecule has 2 aromatic carbocycles. The minimum atomic E-state index is -0.436. The Hall–Kier alpha value is -3.02. The van der Waals surface area contributed by atoms with E-state index in [0.29, 0.717) is 13.1 Å². The molecule has 0 unspecified atom stereocenters. The highest BCUT2D eigenvalue weighted by Crippen LogP contribution is 2.30. The summed E-state index contributed by atoms with van der Waals surface area (Å²) in [5, 5.41) is 3.80. The van der Waals surface area contributed by atoms with Gasteiger partial charge < -0.3 is 19.9 Å². The van der Waals surface area contributed by atoms with Crippen LogP contribution in [0.2, 0.25) is 0 Å². The molecule has 5 nitrogen and oxygen atoms in total.